The highest BCUT2D eigenvalue weighted by Gasteiger charge is 2.37. The summed E-state index contributed by atoms with van der Waals surface area (Å²) in [4.78, 5) is 82.8. The maximum absolute atomic E-state index is 12.9. The lowest BCUT2D eigenvalue weighted by atomic mass is 9.93. The van der Waals surface area contributed by atoms with E-state index in [1.165, 1.54) is 0 Å². The van der Waals surface area contributed by atoms with Crippen molar-refractivity contribution in [3.63, 3.8) is 0 Å². The van der Waals surface area contributed by atoms with E-state index >= 15 is 0 Å². The molecule has 0 aromatic heterocycles. The van der Waals surface area contributed by atoms with Crippen molar-refractivity contribution in [2.24, 2.45) is 11.5 Å². The van der Waals surface area contributed by atoms with Crippen LogP contribution in [0.25, 0.3) is 0 Å². The molecular formula is C21H36N6O10S. The molecule has 17 heteroatoms. The molecule has 0 aliphatic heterocycles. The minimum atomic E-state index is -1.88. The van der Waals surface area contributed by atoms with E-state index in [0.29, 0.717) is 6.29 Å². The van der Waals surface area contributed by atoms with E-state index in [9.17, 15) is 38.7 Å². The van der Waals surface area contributed by atoms with Gasteiger partial charge in [0.2, 0.25) is 17.7 Å². The maximum atomic E-state index is 12.9. The fourth-order valence-electron chi connectivity index (χ4n) is 3.04. The number of carboxylic acid groups (broad SMARTS) is 2. The molecule has 0 aliphatic rings. The van der Waals surface area contributed by atoms with E-state index in [1.807, 2.05) is 0 Å². The third-order valence-corrected chi connectivity index (χ3v) is 6.01. The third kappa shape index (κ3) is 12.0. The van der Waals surface area contributed by atoms with Crippen molar-refractivity contribution in [1.82, 2.24) is 21.3 Å². The van der Waals surface area contributed by atoms with Crippen LogP contribution in [0.1, 0.15) is 32.1 Å². The van der Waals surface area contributed by atoms with Gasteiger partial charge in [0, 0.05) is 44.6 Å². The Hall–Kier alpha value is -3.12. The Morgan fingerprint density at radius 1 is 0.842 bits per heavy atom. The highest BCUT2D eigenvalue weighted by atomic mass is 32.1. The zero-order chi connectivity index (χ0) is 29.4. The van der Waals surface area contributed by atoms with Gasteiger partial charge in [-0.2, -0.15) is 12.6 Å². The number of carbonyl (C=O) groups excluding carboxylic acids is 5. The van der Waals surface area contributed by atoms with Crippen molar-refractivity contribution in [2.75, 3.05) is 32.0 Å². The van der Waals surface area contributed by atoms with Gasteiger partial charge in [-0.3, -0.25) is 24.0 Å². The second kappa shape index (κ2) is 17.4. The van der Waals surface area contributed by atoms with Crippen LogP contribution in [0, 0.1) is 0 Å². The summed E-state index contributed by atoms with van der Waals surface area (Å²) in [6.07, 6.45) is -0.864. The van der Waals surface area contributed by atoms with E-state index < -0.39 is 85.4 Å². The number of hydrogen-bond acceptors (Lipinski definition) is 12. The molecule has 11 N–H and O–H groups in total. The Kier molecular flexibility index (Phi) is 16.0. The zero-order valence-electron chi connectivity index (χ0n) is 20.7. The highest BCUT2D eigenvalue weighted by Crippen LogP contribution is 2.12. The fraction of sp³-hybridized carbons (Fsp3) is 0.667. The van der Waals surface area contributed by atoms with Crippen molar-refractivity contribution < 1.29 is 48.9 Å². The number of thiol groups is 1. The minimum Gasteiger partial charge on any atom is -0.481 e. The number of rotatable bonds is 21. The van der Waals surface area contributed by atoms with Crippen molar-refractivity contribution in [3.05, 3.63) is 0 Å². The molecule has 216 valence electrons. The first-order valence-electron chi connectivity index (χ1n) is 11.5. The van der Waals surface area contributed by atoms with Crippen LogP contribution in [0.3, 0.4) is 0 Å². The van der Waals surface area contributed by atoms with Crippen molar-refractivity contribution in [3.8, 4) is 0 Å². The standard InChI is InChI=1S/C21H36N6O10S/c22-6-13(18(36)27-21(10-29,11-30)12-38)24-8-20(9-28,5-4-17(34)35)26-19(37)14(7-23)25-15(31)2-1-3-16(32)33/h9-10,13-14,24,30,38H,1-8,11-12,22-23H2,(H,25,31)(H,26,37)(H,27,36)(H,32,33)(H,34,35)/t13-,14-,20+,21+/m0/s1. The first-order chi connectivity index (χ1) is 17.9. The minimum absolute atomic E-state index is 0.0122. The molecule has 38 heavy (non-hydrogen) atoms. The Morgan fingerprint density at radius 2 is 1.37 bits per heavy atom. The van der Waals surface area contributed by atoms with Crippen LogP contribution in [-0.4, -0.2) is 113 Å². The number of nitrogens with one attached hydrogen (secondary N) is 4. The number of aliphatic hydroxyl groups excluding tert-OH is 1. The summed E-state index contributed by atoms with van der Waals surface area (Å²) in [7, 11) is 0. The highest BCUT2D eigenvalue weighted by molar-refractivity contribution is 7.80. The van der Waals surface area contributed by atoms with E-state index in [2.05, 4.69) is 33.9 Å². The lowest BCUT2D eigenvalue weighted by molar-refractivity contribution is -0.138. The van der Waals surface area contributed by atoms with Gasteiger partial charge in [0.05, 0.1) is 12.6 Å². The van der Waals surface area contributed by atoms with Gasteiger partial charge < -0.3 is 57.6 Å². The molecule has 0 fully saturated rings. The van der Waals surface area contributed by atoms with Gasteiger partial charge in [0.1, 0.15) is 29.7 Å². The second-order valence-corrected chi connectivity index (χ2v) is 8.82. The van der Waals surface area contributed by atoms with Crippen LogP contribution < -0.4 is 32.7 Å². The lowest BCUT2D eigenvalue weighted by Gasteiger charge is -2.33. The Labute approximate surface area is 224 Å². The average molecular weight is 565 g/mol. The summed E-state index contributed by atoms with van der Waals surface area (Å²) in [6, 6.07) is -2.57. The molecule has 0 rings (SSSR count). The maximum Gasteiger partial charge on any atom is 0.303 e. The normalized spacial score (nSPS) is 15.6. The van der Waals surface area contributed by atoms with Crippen LogP contribution >= 0.6 is 12.6 Å². The Bertz CT molecular complexity index is 856. The number of amides is 3. The summed E-state index contributed by atoms with van der Waals surface area (Å²) in [5.41, 5.74) is 7.63. The lowest BCUT2D eigenvalue weighted by Crippen LogP contribution is -2.65. The Balaban J connectivity index is 5.62. The average Bonchev–Trinajstić information content (AvgIpc) is 2.88. The first-order valence-corrected chi connectivity index (χ1v) is 12.1. The van der Waals surface area contributed by atoms with E-state index in [4.69, 9.17) is 21.7 Å². The van der Waals surface area contributed by atoms with Gasteiger partial charge >= 0.3 is 11.9 Å². The molecule has 0 saturated heterocycles. The van der Waals surface area contributed by atoms with Crippen molar-refractivity contribution in [2.45, 2.75) is 55.3 Å². The first kappa shape index (κ1) is 34.9. The number of carbonyl (C=O) groups is 7. The number of hydrogen-bond donors (Lipinski definition) is 10. The summed E-state index contributed by atoms with van der Waals surface area (Å²) < 4.78 is 0. The number of nitrogens with two attached hydrogens (primary N) is 2. The summed E-state index contributed by atoms with van der Waals surface area (Å²) in [5, 5.41) is 36.9. The molecule has 4 atom stereocenters. The van der Waals surface area contributed by atoms with Gasteiger partial charge in [-0.05, 0) is 12.8 Å². The molecule has 0 bridgehead atoms. The molecule has 0 radical (unpaired) electrons. The van der Waals surface area contributed by atoms with E-state index in [-0.39, 0.29) is 37.8 Å². The van der Waals surface area contributed by atoms with Crippen LogP contribution in [0.2, 0.25) is 0 Å². The number of carboxylic acids is 2. The quantitative estimate of drug-likeness (QED) is 0.0465. The zero-order valence-corrected chi connectivity index (χ0v) is 21.6. The molecule has 0 aliphatic carbocycles. The monoisotopic (exact) mass is 564 g/mol. The van der Waals surface area contributed by atoms with Crippen LogP contribution in [0.15, 0.2) is 0 Å². The summed E-state index contributed by atoms with van der Waals surface area (Å²) in [5.74, 6) is -5.04. The van der Waals surface area contributed by atoms with Crippen LogP contribution in [-0.2, 0) is 33.6 Å². The fourth-order valence-corrected chi connectivity index (χ4v) is 3.29. The molecule has 16 nitrogen and oxygen atoms in total. The molecule has 0 saturated carbocycles. The number of aliphatic hydroxyl groups is 1. The van der Waals surface area contributed by atoms with Gasteiger partial charge in [-0.25, -0.2) is 0 Å². The van der Waals surface area contributed by atoms with Gasteiger partial charge in [0.25, 0.3) is 0 Å². The molecule has 3 amide bonds. The molecule has 0 aromatic rings. The molecular weight excluding hydrogens is 528 g/mol. The van der Waals surface area contributed by atoms with Crippen molar-refractivity contribution in [1.29, 1.82) is 0 Å². The SMILES string of the molecule is NC[C@H](NC[C@@](C=O)(CCC(=O)O)NC(=O)[C@H](CN)NC(=O)CCCC(=O)O)C(=O)N[C@](C=O)(CO)CS. The smallest absolute Gasteiger partial charge is 0.303 e. The van der Waals surface area contributed by atoms with Gasteiger partial charge in [-0.1, -0.05) is 0 Å². The third-order valence-electron chi connectivity index (χ3n) is 5.44. The van der Waals surface area contributed by atoms with Crippen LogP contribution in [0.5, 0.6) is 0 Å². The van der Waals surface area contributed by atoms with E-state index in [0.717, 1.165) is 0 Å². The predicted molar refractivity (Wildman–Crippen MR) is 135 cm³/mol. The summed E-state index contributed by atoms with van der Waals surface area (Å²) in [6.45, 7) is -1.98. The van der Waals surface area contributed by atoms with Crippen LogP contribution in [0.4, 0.5) is 0 Å². The van der Waals surface area contributed by atoms with Crippen molar-refractivity contribution >= 4 is 54.9 Å². The van der Waals surface area contributed by atoms with E-state index in [1.54, 1.807) is 0 Å². The largest absolute Gasteiger partial charge is 0.481 e. The summed E-state index contributed by atoms with van der Waals surface area (Å²) >= 11 is 3.94. The number of aldehydes is 2. The number of aliphatic carboxylic acids is 2. The van der Waals surface area contributed by atoms with Gasteiger partial charge in [-0.15, -0.1) is 0 Å². The second-order valence-electron chi connectivity index (χ2n) is 8.51. The predicted octanol–water partition coefficient (Wildman–Crippen LogP) is -4.50. The molecule has 0 spiro atoms. The molecule has 0 unspecified atom stereocenters. The topological polar surface area (TPSA) is 280 Å². The molecule has 0 aromatic carbocycles. The van der Waals surface area contributed by atoms with Gasteiger partial charge in [0.15, 0.2) is 0 Å². The Morgan fingerprint density at radius 3 is 1.82 bits per heavy atom. The molecule has 0 heterocycles.